The monoisotopic (exact) mass is 294 g/mol. The van der Waals surface area contributed by atoms with Gasteiger partial charge in [-0.05, 0) is 54.3 Å². The maximum absolute atomic E-state index is 9.81. The van der Waals surface area contributed by atoms with Gasteiger partial charge in [-0.15, -0.1) is 0 Å². The number of nitrogens with one attached hydrogen (secondary N) is 2. The minimum absolute atomic E-state index is 0.0357. The second kappa shape index (κ2) is 5.07. The molecule has 112 valence electrons. The van der Waals surface area contributed by atoms with Crippen LogP contribution in [0.15, 0.2) is 42.6 Å². The van der Waals surface area contributed by atoms with E-state index in [1.165, 1.54) is 10.9 Å². The lowest BCUT2D eigenvalue weighted by molar-refractivity contribution is 0.398. The highest BCUT2D eigenvalue weighted by molar-refractivity contribution is 5.83. The molecule has 2 heterocycles. The number of H-pyrrole nitrogens is 1. The summed E-state index contributed by atoms with van der Waals surface area (Å²) in [5.74, 6) is -0.0853. The first-order valence-corrected chi connectivity index (χ1v) is 7.55. The summed E-state index contributed by atoms with van der Waals surface area (Å²) in [6, 6.07) is 11.8. The van der Waals surface area contributed by atoms with Gasteiger partial charge in [-0.25, -0.2) is 0 Å². The summed E-state index contributed by atoms with van der Waals surface area (Å²) in [6.45, 7) is 0.879. The average molecular weight is 294 g/mol. The minimum atomic E-state index is -0.0497. The van der Waals surface area contributed by atoms with Crippen molar-refractivity contribution < 1.29 is 10.2 Å². The van der Waals surface area contributed by atoms with E-state index in [0.29, 0.717) is 0 Å². The number of fused-ring (bicyclic) bond motifs is 2. The van der Waals surface area contributed by atoms with E-state index >= 15 is 0 Å². The zero-order valence-electron chi connectivity index (χ0n) is 12.1. The number of para-hydroxylation sites is 1. The first-order chi connectivity index (χ1) is 10.7. The SMILES string of the molecule is Oc1cc2c(cc1O)C(Cc1c[nH]c3ccccc13)NCC2. The van der Waals surface area contributed by atoms with E-state index < -0.39 is 0 Å². The second-order valence-electron chi connectivity index (χ2n) is 5.86. The van der Waals surface area contributed by atoms with Crippen molar-refractivity contribution in [1.29, 1.82) is 0 Å². The molecule has 1 atom stereocenters. The smallest absolute Gasteiger partial charge is 0.157 e. The number of aromatic amines is 1. The normalized spacial score (nSPS) is 17.5. The van der Waals surface area contributed by atoms with E-state index in [-0.39, 0.29) is 17.5 Å². The largest absolute Gasteiger partial charge is 0.504 e. The van der Waals surface area contributed by atoms with Crippen LogP contribution in [0.25, 0.3) is 10.9 Å². The summed E-state index contributed by atoms with van der Waals surface area (Å²) in [7, 11) is 0. The van der Waals surface area contributed by atoms with Crippen molar-refractivity contribution in [2.24, 2.45) is 0 Å². The molecule has 0 bridgehead atoms. The van der Waals surface area contributed by atoms with Crippen LogP contribution in [0.4, 0.5) is 0 Å². The fourth-order valence-corrected chi connectivity index (χ4v) is 3.37. The van der Waals surface area contributed by atoms with E-state index in [4.69, 9.17) is 0 Å². The van der Waals surface area contributed by atoms with Crippen LogP contribution in [0.1, 0.15) is 22.7 Å². The molecule has 4 rings (SSSR count). The molecule has 4 nitrogen and oxygen atoms in total. The van der Waals surface area contributed by atoms with E-state index in [0.717, 1.165) is 36.0 Å². The molecule has 0 saturated heterocycles. The predicted molar refractivity (Wildman–Crippen MR) is 86.2 cm³/mol. The van der Waals surface area contributed by atoms with Gasteiger partial charge >= 0.3 is 0 Å². The summed E-state index contributed by atoms with van der Waals surface area (Å²) < 4.78 is 0. The molecule has 22 heavy (non-hydrogen) atoms. The van der Waals surface area contributed by atoms with Gasteiger partial charge < -0.3 is 20.5 Å². The Balaban J connectivity index is 1.72. The first kappa shape index (κ1) is 13.2. The molecule has 1 aromatic heterocycles. The lowest BCUT2D eigenvalue weighted by atomic mass is 9.90. The Hall–Kier alpha value is -2.46. The molecule has 1 unspecified atom stereocenters. The van der Waals surface area contributed by atoms with Crippen LogP contribution in [-0.2, 0) is 12.8 Å². The van der Waals surface area contributed by atoms with Crippen molar-refractivity contribution >= 4 is 10.9 Å². The topological polar surface area (TPSA) is 68.3 Å². The van der Waals surface area contributed by atoms with E-state index in [2.05, 4.69) is 28.6 Å². The number of hydrogen-bond acceptors (Lipinski definition) is 3. The summed E-state index contributed by atoms with van der Waals surface area (Å²) in [4.78, 5) is 3.31. The molecule has 0 aliphatic carbocycles. The molecule has 1 aliphatic rings. The Kier molecular flexibility index (Phi) is 3.05. The fraction of sp³-hybridized carbons (Fsp3) is 0.222. The summed E-state index contributed by atoms with van der Waals surface area (Å²) in [6.07, 6.45) is 3.77. The molecule has 3 aromatic rings. The predicted octanol–water partition coefficient (Wildman–Crippen LogP) is 3.01. The van der Waals surface area contributed by atoms with Crippen molar-refractivity contribution in [3.05, 3.63) is 59.3 Å². The Bertz CT molecular complexity index is 838. The van der Waals surface area contributed by atoms with Gasteiger partial charge in [0.2, 0.25) is 0 Å². The molecule has 4 N–H and O–H groups in total. The molecule has 0 fully saturated rings. The molecular formula is C18H18N2O2. The quantitative estimate of drug-likeness (QED) is 0.549. The van der Waals surface area contributed by atoms with Gasteiger partial charge in [-0.2, -0.15) is 0 Å². The third-order valence-corrected chi connectivity index (χ3v) is 4.50. The third-order valence-electron chi connectivity index (χ3n) is 4.50. The van der Waals surface area contributed by atoms with Crippen molar-refractivity contribution in [1.82, 2.24) is 10.3 Å². The Morgan fingerprint density at radius 2 is 1.91 bits per heavy atom. The van der Waals surface area contributed by atoms with Gasteiger partial charge in [-0.3, -0.25) is 0 Å². The molecule has 2 aromatic carbocycles. The Labute approximate surface area is 128 Å². The van der Waals surface area contributed by atoms with Crippen molar-refractivity contribution in [2.45, 2.75) is 18.9 Å². The van der Waals surface area contributed by atoms with Crippen LogP contribution in [0.2, 0.25) is 0 Å². The van der Waals surface area contributed by atoms with Crippen LogP contribution in [0.5, 0.6) is 11.5 Å². The Morgan fingerprint density at radius 1 is 1.09 bits per heavy atom. The van der Waals surface area contributed by atoms with Gasteiger partial charge in [0.15, 0.2) is 11.5 Å². The maximum Gasteiger partial charge on any atom is 0.157 e. The molecule has 0 saturated carbocycles. The number of benzene rings is 2. The van der Waals surface area contributed by atoms with E-state index in [1.807, 2.05) is 12.1 Å². The summed E-state index contributed by atoms with van der Waals surface area (Å²) in [5, 5.41) is 24.2. The maximum atomic E-state index is 9.81. The highest BCUT2D eigenvalue weighted by Crippen LogP contribution is 2.35. The standard InChI is InChI=1S/C18H18N2O2/c21-17-8-11-5-6-19-16(14(11)9-18(17)22)7-12-10-20-15-4-2-1-3-13(12)15/h1-4,8-10,16,19-22H,5-7H2. The van der Waals surface area contributed by atoms with Crippen molar-refractivity contribution in [3.63, 3.8) is 0 Å². The third kappa shape index (κ3) is 2.12. The van der Waals surface area contributed by atoms with Gasteiger partial charge in [0.05, 0.1) is 0 Å². The van der Waals surface area contributed by atoms with Gasteiger partial charge in [0, 0.05) is 23.1 Å². The fourth-order valence-electron chi connectivity index (χ4n) is 3.37. The van der Waals surface area contributed by atoms with Crippen molar-refractivity contribution in [3.8, 4) is 11.5 Å². The summed E-state index contributed by atoms with van der Waals surface area (Å²) >= 11 is 0. The van der Waals surface area contributed by atoms with Crippen LogP contribution < -0.4 is 5.32 Å². The summed E-state index contributed by atoms with van der Waals surface area (Å²) in [5.41, 5.74) is 4.58. The van der Waals surface area contributed by atoms with Crippen molar-refractivity contribution in [2.75, 3.05) is 6.54 Å². The Morgan fingerprint density at radius 3 is 2.82 bits per heavy atom. The van der Waals surface area contributed by atoms with E-state index in [9.17, 15) is 10.2 Å². The molecule has 0 spiro atoms. The minimum Gasteiger partial charge on any atom is -0.504 e. The highest BCUT2D eigenvalue weighted by Gasteiger charge is 2.22. The highest BCUT2D eigenvalue weighted by atomic mass is 16.3. The number of aromatic hydroxyl groups is 2. The first-order valence-electron chi connectivity index (χ1n) is 7.55. The second-order valence-corrected chi connectivity index (χ2v) is 5.86. The van der Waals surface area contributed by atoms with Crippen LogP contribution >= 0.6 is 0 Å². The number of phenols is 2. The zero-order valence-corrected chi connectivity index (χ0v) is 12.1. The number of phenolic OH excluding ortho intramolecular Hbond substituents is 2. The molecular weight excluding hydrogens is 276 g/mol. The van der Waals surface area contributed by atoms with Gasteiger partial charge in [0.25, 0.3) is 0 Å². The van der Waals surface area contributed by atoms with Gasteiger partial charge in [-0.1, -0.05) is 18.2 Å². The van der Waals surface area contributed by atoms with E-state index in [1.54, 1.807) is 12.1 Å². The molecule has 1 aliphatic heterocycles. The molecule has 0 radical (unpaired) electrons. The average Bonchev–Trinajstić information content (AvgIpc) is 2.93. The van der Waals surface area contributed by atoms with Crippen LogP contribution in [0.3, 0.4) is 0 Å². The molecule has 0 amide bonds. The lowest BCUT2D eigenvalue weighted by Crippen LogP contribution is -2.31. The number of aromatic nitrogens is 1. The number of hydrogen-bond donors (Lipinski definition) is 4. The van der Waals surface area contributed by atoms with Crippen LogP contribution in [0, 0.1) is 0 Å². The number of rotatable bonds is 2. The lowest BCUT2D eigenvalue weighted by Gasteiger charge is -2.27. The zero-order chi connectivity index (χ0) is 15.1. The van der Waals surface area contributed by atoms with Gasteiger partial charge in [0.1, 0.15) is 0 Å². The molecule has 4 heteroatoms. The van der Waals surface area contributed by atoms with Crippen LogP contribution in [-0.4, -0.2) is 21.7 Å².